The molecule has 0 aliphatic heterocycles. The van der Waals surface area contributed by atoms with E-state index in [0.29, 0.717) is 0 Å². The number of guanidine groups is 1. The van der Waals surface area contributed by atoms with Crippen LogP contribution in [0.4, 0.5) is 0 Å². The molecular weight excluding hydrogens is 467 g/mol. The monoisotopic (exact) mass is 500 g/mol. The molecule has 1 aromatic carbocycles. The van der Waals surface area contributed by atoms with Gasteiger partial charge in [-0.2, -0.15) is 0 Å². The first-order chi connectivity index (χ1) is 13.2. The van der Waals surface area contributed by atoms with Gasteiger partial charge in [0.1, 0.15) is 12.2 Å². The highest BCUT2D eigenvalue weighted by atomic mass is 127. The number of nitrogens with zero attached hydrogens (tertiary/aromatic N) is 5. The number of nitrogens with one attached hydrogen (secondary N) is 1. The van der Waals surface area contributed by atoms with E-state index in [4.69, 9.17) is 9.73 Å². The molecule has 0 aliphatic rings. The molecule has 0 radical (unpaired) electrons. The van der Waals surface area contributed by atoms with Crippen molar-refractivity contribution in [3.05, 3.63) is 47.5 Å². The molecule has 0 atom stereocenters. The van der Waals surface area contributed by atoms with Crippen LogP contribution in [0.5, 0.6) is 0 Å². The summed E-state index contributed by atoms with van der Waals surface area (Å²) in [7, 11) is 3.79. The predicted molar refractivity (Wildman–Crippen MR) is 124 cm³/mol. The van der Waals surface area contributed by atoms with Crippen LogP contribution in [-0.4, -0.2) is 59.5 Å². The minimum absolute atomic E-state index is 0. The zero-order valence-corrected chi connectivity index (χ0v) is 19.7. The molecule has 0 aliphatic carbocycles. The fourth-order valence-electron chi connectivity index (χ4n) is 2.85. The molecule has 1 N–H and O–H groups in total. The van der Waals surface area contributed by atoms with Crippen molar-refractivity contribution in [1.29, 1.82) is 0 Å². The van der Waals surface area contributed by atoms with Gasteiger partial charge in [-0.05, 0) is 24.5 Å². The topological polar surface area (TPSA) is 67.6 Å². The van der Waals surface area contributed by atoms with Gasteiger partial charge in [-0.25, -0.2) is 0 Å². The highest BCUT2D eigenvalue weighted by molar-refractivity contribution is 14.0. The molecule has 0 amide bonds. The third-order valence-corrected chi connectivity index (χ3v) is 4.45. The van der Waals surface area contributed by atoms with Gasteiger partial charge in [0, 0.05) is 53.4 Å². The Morgan fingerprint density at radius 1 is 1.32 bits per heavy atom. The molecule has 1 aromatic heterocycles. The Kier molecular flexibility index (Phi) is 11.7. The van der Waals surface area contributed by atoms with Crippen molar-refractivity contribution in [3.8, 4) is 0 Å². The van der Waals surface area contributed by atoms with Crippen molar-refractivity contribution in [2.75, 3.05) is 33.9 Å². The van der Waals surface area contributed by atoms with Gasteiger partial charge in [-0.1, -0.05) is 31.2 Å². The Morgan fingerprint density at radius 2 is 2.11 bits per heavy atom. The van der Waals surface area contributed by atoms with Crippen LogP contribution in [0, 0.1) is 6.92 Å². The van der Waals surface area contributed by atoms with E-state index in [-0.39, 0.29) is 24.0 Å². The first-order valence-electron chi connectivity index (χ1n) is 9.55. The number of aryl methyl sites for hydroxylation is 2. The molecule has 156 valence electrons. The second-order valence-electron chi connectivity index (χ2n) is 6.56. The van der Waals surface area contributed by atoms with Gasteiger partial charge in [0.05, 0.1) is 0 Å². The fourth-order valence-corrected chi connectivity index (χ4v) is 2.85. The Labute approximate surface area is 185 Å². The second-order valence-corrected chi connectivity index (χ2v) is 6.56. The molecule has 8 heteroatoms. The summed E-state index contributed by atoms with van der Waals surface area (Å²) in [4.78, 5) is 6.93. The number of benzene rings is 1. The Balaban J connectivity index is 0.00000392. The van der Waals surface area contributed by atoms with Crippen molar-refractivity contribution >= 4 is 29.9 Å². The summed E-state index contributed by atoms with van der Waals surface area (Å²) in [6.45, 7) is 8.09. The Bertz CT molecular complexity index is 718. The zero-order valence-electron chi connectivity index (χ0n) is 17.4. The molecule has 2 rings (SSSR count). The van der Waals surface area contributed by atoms with E-state index in [1.807, 2.05) is 0 Å². The largest absolute Gasteiger partial charge is 0.385 e. The van der Waals surface area contributed by atoms with Crippen LogP contribution in [0.15, 0.2) is 35.6 Å². The lowest BCUT2D eigenvalue weighted by molar-refractivity contribution is 0.197. The maximum atomic E-state index is 5.13. The van der Waals surface area contributed by atoms with Crippen LogP contribution >= 0.6 is 24.0 Å². The van der Waals surface area contributed by atoms with E-state index in [2.05, 4.69) is 70.1 Å². The molecule has 0 unspecified atom stereocenters. The molecule has 0 fully saturated rings. The summed E-state index contributed by atoms with van der Waals surface area (Å²) in [5.41, 5.74) is 2.60. The minimum atomic E-state index is 0. The van der Waals surface area contributed by atoms with Gasteiger partial charge >= 0.3 is 0 Å². The predicted octanol–water partition coefficient (Wildman–Crippen LogP) is 2.88. The van der Waals surface area contributed by atoms with E-state index in [0.717, 1.165) is 57.4 Å². The minimum Gasteiger partial charge on any atom is -0.385 e. The van der Waals surface area contributed by atoms with Gasteiger partial charge in [-0.3, -0.25) is 4.99 Å². The number of rotatable bonds is 10. The number of hydrogen-bond donors (Lipinski definition) is 1. The molecular formula is C20H33IN6O. The van der Waals surface area contributed by atoms with Gasteiger partial charge in [0.15, 0.2) is 5.96 Å². The van der Waals surface area contributed by atoms with Crippen LogP contribution in [0.2, 0.25) is 0 Å². The quantitative estimate of drug-likeness (QED) is 0.235. The number of methoxy groups -OCH3 is 1. The molecule has 28 heavy (non-hydrogen) atoms. The van der Waals surface area contributed by atoms with E-state index < -0.39 is 0 Å². The van der Waals surface area contributed by atoms with Gasteiger partial charge < -0.3 is 19.5 Å². The zero-order chi connectivity index (χ0) is 19.5. The lowest BCUT2D eigenvalue weighted by Crippen LogP contribution is -2.40. The van der Waals surface area contributed by atoms with Crippen molar-refractivity contribution in [2.45, 2.75) is 39.8 Å². The Hall–Kier alpha value is -1.68. The molecule has 0 saturated carbocycles. The van der Waals surface area contributed by atoms with Crippen LogP contribution in [-0.2, 0) is 24.2 Å². The average Bonchev–Trinajstić information content (AvgIpc) is 3.13. The van der Waals surface area contributed by atoms with Gasteiger partial charge in [0.2, 0.25) is 0 Å². The third kappa shape index (κ3) is 7.75. The molecule has 0 bridgehead atoms. The molecule has 1 heterocycles. The molecule has 7 nitrogen and oxygen atoms in total. The lowest BCUT2D eigenvalue weighted by Gasteiger charge is -2.23. The molecule has 0 spiro atoms. The van der Waals surface area contributed by atoms with Crippen molar-refractivity contribution in [3.63, 3.8) is 0 Å². The number of aromatic nitrogens is 3. The number of aliphatic imine (C=N–C) groups is 1. The van der Waals surface area contributed by atoms with E-state index in [1.54, 1.807) is 13.4 Å². The Morgan fingerprint density at radius 3 is 2.82 bits per heavy atom. The molecule has 0 saturated heterocycles. The summed E-state index contributed by atoms with van der Waals surface area (Å²) in [5.74, 6) is 1.91. The summed E-state index contributed by atoms with van der Waals surface area (Å²) >= 11 is 0. The number of halogens is 1. The standard InChI is InChI=1S/C20H32N6O.HI/c1-5-19-24-23-16-26(19)13-12-22-20(21-11-8-14-27-4)25(3)15-18-10-7-6-9-17(18)2;/h6-7,9-10,16H,5,8,11-15H2,1-4H3,(H,21,22);1H. The maximum Gasteiger partial charge on any atom is 0.194 e. The highest BCUT2D eigenvalue weighted by Gasteiger charge is 2.09. The SMILES string of the molecule is CCc1nncn1CCNC(=NCCCOC)N(C)Cc1ccccc1C.I. The number of ether oxygens (including phenoxy) is 1. The number of hydrogen-bond acceptors (Lipinski definition) is 4. The van der Waals surface area contributed by atoms with Crippen molar-refractivity contribution in [2.24, 2.45) is 4.99 Å². The van der Waals surface area contributed by atoms with Crippen molar-refractivity contribution in [1.82, 2.24) is 25.0 Å². The normalized spacial score (nSPS) is 11.2. The van der Waals surface area contributed by atoms with Gasteiger partial charge in [-0.15, -0.1) is 34.2 Å². The van der Waals surface area contributed by atoms with Crippen LogP contribution in [0.3, 0.4) is 0 Å². The summed E-state index contributed by atoms with van der Waals surface area (Å²) in [5, 5.41) is 11.6. The summed E-state index contributed by atoms with van der Waals surface area (Å²) in [6.07, 6.45) is 3.57. The first kappa shape index (κ1) is 24.4. The lowest BCUT2D eigenvalue weighted by atomic mass is 10.1. The third-order valence-electron chi connectivity index (χ3n) is 4.45. The summed E-state index contributed by atoms with van der Waals surface area (Å²) < 4.78 is 7.21. The first-order valence-corrected chi connectivity index (χ1v) is 9.55. The smallest absolute Gasteiger partial charge is 0.194 e. The molecule has 2 aromatic rings. The maximum absolute atomic E-state index is 5.13. The average molecular weight is 500 g/mol. The van der Waals surface area contributed by atoms with E-state index in [1.165, 1.54) is 11.1 Å². The van der Waals surface area contributed by atoms with Gasteiger partial charge in [0.25, 0.3) is 0 Å². The van der Waals surface area contributed by atoms with E-state index >= 15 is 0 Å². The van der Waals surface area contributed by atoms with Crippen LogP contribution in [0.25, 0.3) is 0 Å². The fraction of sp³-hybridized carbons (Fsp3) is 0.550. The second kappa shape index (κ2) is 13.5. The van der Waals surface area contributed by atoms with Crippen molar-refractivity contribution < 1.29 is 4.74 Å². The van der Waals surface area contributed by atoms with Crippen LogP contribution < -0.4 is 5.32 Å². The summed E-state index contributed by atoms with van der Waals surface area (Å²) in [6, 6.07) is 8.46. The highest BCUT2D eigenvalue weighted by Crippen LogP contribution is 2.09. The van der Waals surface area contributed by atoms with Crippen LogP contribution in [0.1, 0.15) is 30.3 Å². The van der Waals surface area contributed by atoms with E-state index in [9.17, 15) is 0 Å².